The minimum Gasteiger partial charge on any atom is -0.496 e. The molecular formula is C23H27N3O3. The van der Waals surface area contributed by atoms with Gasteiger partial charge in [-0.15, -0.1) is 0 Å². The molecule has 0 N–H and O–H groups in total. The summed E-state index contributed by atoms with van der Waals surface area (Å²) in [5.74, 6) is 0.405. The van der Waals surface area contributed by atoms with Crippen molar-refractivity contribution in [2.75, 3.05) is 13.7 Å². The fourth-order valence-electron chi connectivity index (χ4n) is 4.35. The molecule has 1 aromatic carbocycles. The number of aromatic nitrogens is 1. The van der Waals surface area contributed by atoms with E-state index >= 15 is 0 Å². The molecule has 4 rings (SSSR count). The number of likely N-dealkylation sites (tertiary alicyclic amines) is 1. The molecule has 1 aromatic heterocycles. The molecule has 2 amide bonds. The van der Waals surface area contributed by atoms with Crippen molar-refractivity contribution in [3.8, 4) is 5.75 Å². The molecule has 2 fully saturated rings. The second-order valence-corrected chi connectivity index (χ2v) is 7.73. The number of ether oxygens (including phenoxy) is 1. The molecule has 1 saturated heterocycles. The zero-order valence-corrected chi connectivity index (χ0v) is 17.0. The molecule has 2 atom stereocenters. The van der Waals surface area contributed by atoms with Gasteiger partial charge in [0.2, 0.25) is 11.8 Å². The Morgan fingerprint density at radius 2 is 1.93 bits per heavy atom. The van der Waals surface area contributed by atoms with Crippen LogP contribution in [0.5, 0.6) is 5.75 Å². The molecule has 1 aliphatic heterocycles. The second-order valence-electron chi connectivity index (χ2n) is 7.73. The molecule has 1 aliphatic carbocycles. The van der Waals surface area contributed by atoms with Crippen molar-refractivity contribution in [1.82, 2.24) is 14.8 Å². The van der Waals surface area contributed by atoms with Crippen LogP contribution >= 0.6 is 0 Å². The van der Waals surface area contributed by atoms with E-state index in [9.17, 15) is 9.59 Å². The average Bonchev–Trinajstić information content (AvgIpc) is 3.54. The zero-order valence-electron chi connectivity index (χ0n) is 17.0. The average molecular weight is 393 g/mol. The van der Waals surface area contributed by atoms with E-state index in [1.54, 1.807) is 19.5 Å². The molecule has 6 heteroatoms. The Kier molecular flexibility index (Phi) is 5.51. The van der Waals surface area contributed by atoms with Crippen molar-refractivity contribution in [2.24, 2.45) is 5.92 Å². The van der Waals surface area contributed by atoms with Gasteiger partial charge in [-0.25, -0.2) is 0 Å². The van der Waals surface area contributed by atoms with Crippen molar-refractivity contribution in [1.29, 1.82) is 0 Å². The third-order valence-corrected chi connectivity index (χ3v) is 5.92. The molecule has 1 saturated carbocycles. The van der Waals surface area contributed by atoms with Gasteiger partial charge in [0.1, 0.15) is 5.75 Å². The summed E-state index contributed by atoms with van der Waals surface area (Å²) in [6.45, 7) is 3.09. The summed E-state index contributed by atoms with van der Waals surface area (Å²) < 4.78 is 5.56. The van der Waals surface area contributed by atoms with Gasteiger partial charge in [0.05, 0.1) is 19.1 Å². The van der Waals surface area contributed by atoms with E-state index in [1.807, 2.05) is 53.1 Å². The second kappa shape index (κ2) is 8.23. The topological polar surface area (TPSA) is 62.7 Å². The minimum atomic E-state index is -0.402. The molecular weight excluding hydrogens is 366 g/mol. The van der Waals surface area contributed by atoms with Gasteiger partial charge in [-0.2, -0.15) is 0 Å². The van der Waals surface area contributed by atoms with E-state index in [4.69, 9.17) is 4.74 Å². The standard InChI is InChI=1S/C23H27N3O3/c1-3-25-21(27)14-19(22(25)18-6-4-5-7-20(18)29-2)23(28)26(17-8-9-17)15-16-10-12-24-13-11-16/h4-7,10-13,17,19,22H,3,8-9,14-15H2,1-2H3/t19-,22+/m1/s1. The van der Waals surface area contributed by atoms with Crippen molar-refractivity contribution >= 4 is 11.8 Å². The van der Waals surface area contributed by atoms with Gasteiger partial charge >= 0.3 is 0 Å². The first kappa shape index (κ1) is 19.4. The van der Waals surface area contributed by atoms with Gasteiger partial charge in [-0.1, -0.05) is 18.2 Å². The SMILES string of the molecule is CCN1C(=O)C[C@@H](C(=O)N(Cc2ccncc2)C2CC2)[C@@H]1c1ccccc1OC. The van der Waals surface area contributed by atoms with E-state index in [-0.39, 0.29) is 30.3 Å². The number of benzene rings is 1. The van der Waals surface area contributed by atoms with Gasteiger partial charge in [0, 0.05) is 43.5 Å². The lowest BCUT2D eigenvalue weighted by Crippen LogP contribution is -2.40. The maximum atomic E-state index is 13.7. The summed E-state index contributed by atoms with van der Waals surface area (Å²) >= 11 is 0. The number of methoxy groups -OCH3 is 1. The van der Waals surface area contributed by atoms with Crippen LogP contribution in [-0.4, -0.2) is 46.3 Å². The van der Waals surface area contributed by atoms with Crippen LogP contribution in [0.4, 0.5) is 0 Å². The highest BCUT2D eigenvalue weighted by molar-refractivity contribution is 5.91. The van der Waals surface area contributed by atoms with Crippen LogP contribution in [-0.2, 0) is 16.1 Å². The molecule has 2 aliphatic rings. The first-order chi connectivity index (χ1) is 14.1. The van der Waals surface area contributed by atoms with Crippen LogP contribution in [0.25, 0.3) is 0 Å². The smallest absolute Gasteiger partial charge is 0.229 e. The highest BCUT2D eigenvalue weighted by Gasteiger charge is 2.48. The van der Waals surface area contributed by atoms with E-state index in [0.717, 1.165) is 29.7 Å². The third kappa shape index (κ3) is 3.84. The molecule has 2 heterocycles. The highest BCUT2D eigenvalue weighted by atomic mass is 16.5. The minimum absolute atomic E-state index is 0.0291. The number of carbonyl (C=O) groups excluding carboxylic acids is 2. The first-order valence-electron chi connectivity index (χ1n) is 10.3. The number of pyridine rings is 1. The predicted octanol–water partition coefficient (Wildman–Crippen LogP) is 3.19. The Balaban J connectivity index is 1.66. The molecule has 2 aromatic rings. The number of hydrogen-bond donors (Lipinski definition) is 0. The molecule has 29 heavy (non-hydrogen) atoms. The number of hydrogen-bond acceptors (Lipinski definition) is 4. The van der Waals surface area contributed by atoms with Crippen LogP contribution in [0.2, 0.25) is 0 Å². The van der Waals surface area contributed by atoms with E-state index in [0.29, 0.717) is 13.1 Å². The Labute approximate surface area is 171 Å². The maximum Gasteiger partial charge on any atom is 0.229 e. The fourth-order valence-corrected chi connectivity index (χ4v) is 4.35. The number of para-hydroxylation sites is 1. The van der Waals surface area contributed by atoms with Gasteiger partial charge in [-0.05, 0) is 43.5 Å². The fraction of sp³-hybridized carbons (Fsp3) is 0.435. The number of nitrogens with zero attached hydrogens (tertiary/aromatic N) is 3. The van der Waals surface area contributed by atoms with Gasteiger partial charge in [0.15, 0.2) is 0 Å². The Bertz CT molecular complexity index is 882. The number of rotatable bonds is 7. The lowest BCUT2D eigenvalue weighted by molar-refractivity contribution is -0.137. The van der Waals surface area contributed by atoms with Crippen molar-refractivity contribution in [3.63, 3.8) is 0 Å². The molecule has 0 spiro atoms. The predicted molar refractivity (Wildman–Crippen MR) is 109 cm³/mol. The third-order valence-electron chi connectivity index (χ3n) is 5.92. The Hall–Kier alpha value is -2.89. The molecule has 0 bridgehead atoms. The summed E-state index contributed by atoms with van der Waals surface area (Å²) in [7, 11) is 1.63. The van der Waals surface area contributed by atoms with Crippen molar-refractivity contribution in [3.05, 3.63) is 59.9 Å². The summed E-state index contributed by atoms with van der Waals surface area (Å²) in [5, 5.41) is 0. The molecule has 0 radical (unpaired) electrons. The Morgan fingerprint density at radius 1 is 1.21 bits per heavy atom. The lowest BCUT2D eigenvalue weighted by atomic mass is 9.91. The van der Waals surface area contributed by atoms with Crippen molar-refractivity contribution < 1.29 is 14.3 Å². The van der Waals surface area contributed by atoms with Crippen LogP contribution in [0.1, 0.15) is 43.4 Å². The molecule has 0 unspecified atom stereocenters. The maximum absolute atomic E-state index is 13.7. The highest BCUT2D eigenvalue weighted by Crippen LogP contribution is 2.43. The summed E-state index contributed by atoms with van der Waals surface area (Å²) in [6, 6.07) is 11.6. The zero-order chi connectivity index (χ0) is 20.4. The van der Waals surface area contributed by atoms with Gasteiger partial charge < -0.3 is 14.5 Å². The lowest BCUT2D eigenvalue weighted by Gasteiger charge is -2.32. The van der Waals surface area contributed by atoms with E-state index in [2.05, 4.69) is 4.98 Å². The van der Waals surface area contributed by atoms with Crippen LogP contribution in [0.15, 0.2) is 48.8 Å². The number of carbonyl (C=O) groups is 2. The first-order valence-corrected chi connectivity index (χ1v) is 10.3. The largest absolute Gasteiger partial charge is 0.496 e. The monoisotopic (exact) mass is 393 g/mol. The Morgan fingerprint density at radius 3 is 2.59 bits per heavy atom. The van der Waals surface area contributed by atoms with Crippen molar-refractivity contribution in [2.45, 2.75) is 44.8 Å². The van der Waals surface area contributed by atoms with E-state index < -0.39 is 5.92 Å². The van der Waals surface area contributed by atoms with Crippen LogP contribution in [0, 0.1) is 5.92 Å². The molecule has 152 valence electrons. The number of amides is 2. The summed E-state index contributed by atoms with van der Waals surface area (Å²) in [6.07, 6.45) is 5.79. The van der Waals surface area contributed by atoms with Crippen LogP contribution < -0.4 is 4.74 Å². The van der Waals surface area contributed by atoms with Gasteiger partial charge in [0.25, 0.3) is 0 Å². The summed E-state index contributed by atoms with van der Waals surface area (Å²) in [5.41, 5.74) is 1.96. The molecule has 6 nitrogen and oxygen atoms in total. The van der Waals surface area contributed by atoms with E-state index in [1.165, 1.54) is 0 Å². The van der Waals surface area contributed by atoms with Crippen LogP contribution in [0.3, 0.4) is 0 Å². The summed E-state index contributed by atoms with van der Waals surface area (Å²) in [4.78, 5) is 34.3. The normalized spacial score (nSPS) is 21.3. The van der Waals surface area contributed by atoms with Gasteiger partial charge in [-0.3, -0.25) is 14.6 Å². The quantitative estimate of drug-likeness (QED) is 0.725.